The van der Waals surface area contributed by atoms with E-state index in [1.54, 1.807) is 37.6 Å². The number of benzene rings is 3. The summed E-state index contributed by atoms with van der Waals surface area (Å²) in [7, 11) is 1.63. The molecule has 2 heterocycles. The lowest BCUT2D eigenvalue weighted by Crippen LogP contribution is -2.16. The normalized spacial score (nSPS) is 12.2. The average molecular weight is 507 g/mol. The Morgan fingerprint density at radius 3 is 2.63 bits per heavy atom. The number of aromatic nitrogens is 1. The van der Waals surface area contributed by atoms with E-state index in [1.165, 1.54) is 0 Å². The second kappa shape index (κ2) is 11.1. The summed E-state index contributed by atoms with van der Waals surface area (Å²) >= 11 is 0. The molecule has 5 rings (SSSR count). The summed E-state index contributed by atoms with van der Waals surface area (Å²) in [6.45, 7) is 2.61. The maximum absolute atomic E-state index is 12.2. The Morgan fingerprint density at radius 2 is 1.84 bits per heavy atom. The summed E-state index contributed by atoms with van der Waals surface area (Å²) in [6, 6.07) is 22.6. The van der Waals surface area contributed by atoms with Gasteiger partial charge in [-0.3, -0.25) is 4.79 Å². The van der Waals surface area contributed by atoms with Crippen LogP contribution in [0.4, 0.5) is 0 Å². The highest BCUT2D eigenvalue weighted by Crippen LogP contribution is 2.36. The van der Waals surface area contributed by atoms with E-state index in [4.69, 9.17) is 18.9 Å². The van der Waals surface area contributed by atoms with Crippen molar-refractivity contribution < 1.29 is 23.7 Å². The van der Waals surface area contributed by atoms with Gasteiger partial charge < -0.3 is 18.9 Å². The Kier molecular flexibility index (Phi) is 7.23. The fraction of sp³-hybridized carbons (Fsp3) is 0.194. The Labute approximate surface area is 221 Å². The zero-order valence-electron chi connectivity index (χ0n) is 21.2. The zero-order chi connectivity index (χ0) is 26.5. The Morgan fingerprint density at radius 1 is 1.00 bits per heavy atom. The van der Waals surface area contributed by atoms with Crippen LogP contribution < -0.4 is 18.9 Å². The number of nitrogens with zero attached hydrogens (tertiary/aromatic N) is 2. The summed E-state index contributed by atoms with van der Waals surface area (Å²) in [5.74, 6) is 3.10. The number of pyridine rings is 1. The van der Waals surface area contributed by atoms with Crippen LogP contribution in [0.25, 0.3) is 0 Å². The van der Waals surface area contributed by atoms with Gasteiger partial charge in [0.1, 0.15) is 29.6 Å². The fourth-order valence-electron chi connectivity index (χ4n) is 4.31. The van der Waals surface area contributed by atoms with Crippen LogP contribution in [-0.2, 0) is 13.0 Å². The van der Waals surface area contributed by atoms with Crippen molar-refractivity contribution in [2.24, 2.45) is 0 Å². The molecule has 0 saturated carbocycles. The molecule has 3 aromatic carbocycles. The quantitative estimate of drug-likeness (QED) is 0.281. The molecule has 0 fully saturated rings. The van der Waals surface area contributed by atoms with Gasteiger partial charge in [-0.25, -0.2) is 4.98 Å². The van der Waals surface area contributed by atoms with Crippen molar-refractivity contribution in [2.75, 3.05) is 13.7 Å². The molecule has 4 aromatic rings. The van der Waals surface area contributed by atoms with Gasteiger partial charge in [-0.05, 0) is 66.1 Å². The number of Topliss-reactive ketones (excluding diaryl/α,β-unsaturated/α-hetero) is 1. The van der Waals surface area contributed by atoms with Crippen molar-refractivity contribution in [1.82, 2.24) is 4.98 Å². The zero-order valence-corrected chi connectivity index (χ0v) is 21.2. The Balaban J connectivity index is 1.34. The second-order valence-corrected chi connectivity index (χ2v) is 8.94. The molecule has 0 unspecified atom stereocenters. The minimum atomic E-state index is 0.0773. The average Bonchev–Trinajstić information content (AvgIpc) is 2.95. The lowest BCUT2D eigenvalue weighted by Gasteiger charge is -2.20. The van der Waals surface area contributed by atoms with Crippen LogP contribution in [0.2, 0.25) is 0 Å². The van der Waals surface area contributed by atoms with E-state index in [-0.39, 0.29) is 5.78 Å². The first-order chi connectivity index (χ1) is 18.5. The number of ether oxygens (including phenoxy) is 4. The van der Waals surface area contributed by atoms with Gasteiger partial charge in [0.25, 0.3) is 0 Å². The minimum absolute atomic E-state index is 0.0773. The predicted octanol–water partition coefficient (Wildman–Crippen LogP) is 6.20. The summed E-state index contributed by atoms with van der Waals surface area (Å²) in [5.41, 5.74) is 4.78. The molecule has 0 amide bonds. The number of methoxy groups -OCH3 is 1. The van der Waals surface area contributed by atoms with Crippen molar-refractivity contribution in [1.29, 1.82) is 5.26 Å². The van der Waals surface area contributed by atoms with E-state index in [0.717, 1.165) is 28.0 Å². The summed E-state index contributed by atoms with van der Waals surface area (Å²) in [5, 5.41) is 9.40. The van der Waals surface area contributed by atoms with Gasteiger partial charge >= 0.3 is 0 Å². The van der Waals surface area contributed by atoms with Gasteiger partial charge in [-0.1, -0.05) is 18.2 Å². The number of hydrogen-bond donors (Lipinski definition) is 0. The van der Waals surface area contributed by atoms with Crippen LogP contribution in [0.5, 0.6) is 28.9 Å². The third kappa shape index (κ3) is 5.45. The van der Waals surface area contributed by atoms with Gasteiger partial charge in [0, 0.05) is 30.7 Å². The molecule has 38 heavy (non-hydrogen) atoms. The molecule has 0 bridgehead atoms. The lowest BCUT2D eigenvalue weighted by atomic mass is 10.0. The number of carbonyl (C=O) groups excluding carboxylic acids is 1. The molecule has 1 aliphatic rings. The highest BCUT2D eigenvalue weighted by atomic mass is 16.5. The second-order valence-electron chi connectivity index (χ2n) is 8.94. The summed E-state index contributed by atoms with van der Waals surface area (Å²) in [6.07, 6.45) is 2.64. The molecule has 0 saturated heterocycles. The first-order valence-electron chi connectivity index (χ1n) is 12.2. The number of hydrogen-bond acceptors (Lipinski definition) is 7. The Bertz CT molecular complexity index is 1520. The van der Waals surface area contributed by atoms with Gasteiger partial charge in [-0.2, -0.15) is 5.26 Å². The highest BCUT2D eigenvalue weighted by Gasteiger charge is 2.22. The molecule has 0 radical (unpaired) electrons. The van der Waals surface area contributed by atoms with Crippen molar-refractivity contribution in [2.45, 2.75) is 26.4 Å². The van der Waals surface area contributed by atoms with Gasteiger partial charge in [0.2, 0.25) is 5.88 Å². The summed E-state index contributed by atoms with van der Waals surface area (Å²) in [4.78, 5) is 16.6. The third-order valence-electron chi connectivity index (χ3n) is 6.39. The monoisotopic (exact) mass is 506 g/mol. The molecule has 7 heteroatoms. The molecular weight excluding hydrogens is 480 g/mol. The predicted molar refractivity (Wildman–Crippen MR) is 141 cm³/mol. The minimum Gasteiger partial charge on any atom is -0.497 e. The van der Waals surface area contributed by atoms with E-state index in [0.29, 0.717) is 60.3 Å². The third-order valence-corrected chi connectivity index (χ3v) is 6.39. The molecule has 1 aliphatic heterocycles. The van der Waals surface area contributed by atoms with Crippen molar-refractivity contribution in [3.63, 3.8) is 0 Å². The van der Waals surface area contributed by atoms with Crippen LogP contribution in [0.1, 0.15) is 44.6 Å². The molecule has 0 atom stereocenters. The van der Waals surface area contributed by atoms with Crippen LogP contribution in [-0.4, -0.2) is 24.5 Å². The van der Waals surface area contributed by atoms with Crippen molar-refractivity contribution in [3.05, 3.63) is 106 Å². The SMILES string of the molecule is COc1ccc(COc2cc(C#N)ccc2Cc2ccnc(Oc3ccc4c(c3C)OCCC4=O)c2)cc1. The molecule has 0 N–H and O–H groups in total. The van der Waals surface area contributed by atoms with E-state index in [9.17, 15) is 10.1 Å². The number of nitriles is 1. The van der Waals surface area contributed by atoms with Gasteiger partial charge in [0.15, 0.2) is 5.78 Å². The molecule has 190 valence electrons. The maximum Gasteiger partial charge on any atom is 0.219 e. The smallest absolute Gasteiger partial charge is 0.219 e. The molecule has 0 spiro atoms. The topological polar surface area (TPSA) is 90.7 Å². The van der Waals surface area contributed by atoms with Crippen molar-refractivity contribution >= 4 is 5.78 Å². The molecule has 1 aromatic heterocycles. The van der Waals surface area contributed by atoms with E-state index < -0.39 is 0 Å². The first kappa shape index (κ1) is 24.8. The van der Waals surface area contributed by atoms with Gasteiger partial charge in [-0.15, -0.1) is 0 Å². The number of ketones is 1. The number of carbonyl (C=O) groups is 1. The fourth-order valence-corrected chi connectivity index (χ4v) is 4.31. The van der Waals surface area contributed by atoms with E-state index in [2.05, 4.69) is 11.1 Å². The molecule has 7 nitrogen and oxygen atoms in total. The van der Waals surface area contributed by atoms with Crippen LogP contribution in [0.15, 0.2) is 72.9 Å². The van der Waals surface area contributed by atoms with Crippen LogP contribution in [0, 0.1) is 18.3 Å². The number of rotatable bonds is 8. The van der Waals surface area contributed by atoms with E-state index >= 15 is 0 Å². The highest BCUT2D eigenvalue weighted by molar-refractivity contribution is 6.00. The largest absolute Gasteiger partial charge is 0.497 e. The summed E-state index contributed by atoms with van der Waals surface area (Å²) < 4.78 is 23.2. The van der Waals surface area contributed by atoms with Crippen LogP contribution in [0.3, 0.4) is 0 Å². The first-order valence-corrected chi connectivity index (χ1v) is 12.2. The van der Waals surface area contributed by atoms with Crippen LogP contribution >= 0.6 is 0 Å². The maximum atomic E-state index is 12.2. The number of fused-ring (bicyclic) bond motifs is 1. The molecule has 0 aliphatic carbocycles. The standard InChI is InChI=1S/C31H26N2O5/c1-20-28(10-9-26-27(34)12-14-36-31(20)26)38-30-17-22(11-13-33-30)15-24-6-3-23(18-32)16-29(24)37-19-21-4-7-25(35-2)8-5-21/h3-11,13,16-17H,12,14-15,19H2,1-2H3. The van der Waals surface area contributed by atoms with E-state index in [1.807, 2.05) is 49.4 Å². The van der Waals surface area contributed by atoms with Gasteiger partial charge in [0.05, 0.1) is 30.9 Å². The van der Waals surface area contributed by atoms with Crippen molar-refractivity contribution in [3.8, 4) is 34.9 Å². The Hall–Kier alpha value is -4.83. The lowest BCUT2D eigenvalue weighted by molar-refractivity contribution is 0.0932. The molecular formula is C31H26N2O5.